The molecule has 4 heteroatoms. The Morgan fingerprint density at radius 3 is 2.56 bits per heavy atom. The maximum atomic E-state index is 11.8. The second-order valence-corrected chi connectivity index (χ2v) is 3.81. The molecule has 90 valence electrons. The van der Waals surface area contributed by atoms with E-state index in [4.69, 9.17) is 0 Å². The minimum atomic E-state index is -0.683. The second-order valence-electron chi connectivity index (χ2n) is 3.81. The van der Waals surface area contributed by atoms with Crippen molar-refractivity contribution in [2.75, 3.05) is 0 Å². The number of benzene rings is 1. The smallest absolute Gasteiger partial charge is 0.232 e. The average Bonchev–Trinajstić information content (AvgIpc) is 2.39. The van der Waals surface area contributed by atoms with Gasteiger partial charge in [0.05, 0.1) is 5.56 Å². The van der Waals surface area contributed by atoms with Gasteiger partial charge in [-0.3, -0.25) is 14.6 Å². The van der Waals surface area contributed by atoms with Gasteiger partial charge in [0.15, 0.2) is 0 Å². The number of hydrogen-bond acceptors (Lipinski definition) is 4. The van der Waals surface area contributed by atoms with Crippen LogP contribution < -0.4 is 0 Å². The average molecular weight is 241 g/mol. The molecule has 1 N–H and O–H groups in total. The third kappa shape index (κ3) is 2.60. The van der Waals surface area contributed by atoms with Crippen LogP contribution in [0, 0.1) is 0 Å². The van der Waals surface area contributed by atoms with Crippen LogP contribution in [0.2, 0.25) is 0 Å². The quantitative estimate of drug-likeness (QED) is 0.654. The number of carbonyl (C=O) groups excluding carboxylic acids is 2. The van der Waals surface area contributed by atoms with E-state index in [2.05, 4.69) is 4.98 Å². The molecule has 1 heterocycles. The van der Waals surface area contributed by atoms with Gasteiger partial charge < -0.3 is 5.11 Å². The SMILES string of the molecule is O=C(Cc1cccnc1)C(=O)c1ccccc1O. The number of para-hydroxylation sites is 1. The van der Waals surface area contributed by atoms with Crippen molar-refractivity contribution in [1.82, 2.24) is 4.98 Å². The van der Waals surface area contributed by atoms with Crippen molar-refractivity contribution >= 4 is 11.6 Å². The first-order valence-corrected chi connectivity index (χ1v) is 5.43. The molecule has 4 nitrogen and oxygen atoms in total. The molecule has 0 amide bonds. The molecule has 2 rings (SSSR count). The number of phenolic OH excluding ortho intramolecular Hbond substituents is 1. The van der Waals surface area contributed by atoms with Gasteiger partial charge in [-0.15, -0.1) is 0 Å². The predicted octanol–water partition coefficient (Wildman–Crippen LogP) is 1.78. The lowest BCUT2D eigenvalue weighted by Crippen LogP contribution is -2.16. The normalized spacial score (nSPS) is 10.0. The summed E-state index contributed by atoms with van der Waals surface area (Å²) in [5.74, 6) is -1.43. The molecular formula is C14H11NO3. The van der Waals surface area contributed by atoms with E-state index in [1.54, 1.807) is 30.5 Å². The van der Waals surface area contributed by atoms with Gasteiger partial charge in [-0.25, -0.2) is 0 Å². The molecule has 0 fully saturated rings. The molecular weight excluding hydrogens is 230 g/mol. The van der Waals surface area contributed by atoms with E-state index in [0.29, 0.717) is 5.56 Å². The second kappa shape index (κ2) is 5.23. The maximum absolute atomic E-state index is 11.8. The number of hydrogen-bond donors (Lipinski definition) is 1. The zero-order valence-electron chi connectivity index (χ0n) is 9.54. The van der Waals surface area contributed by atoms with Crippen LogP contribution >= 0.6 is 0 Å². The monoisotopic (exact) mass is 241 g/mol. The Kier molecular flexibility index (Phi) is 3.48. The van der Waals surface area contributed by atoms with Gasteiger partial charge >= 0.3 is 0 Å². The van der Waals surface area contributed by atoms with Crippen molar-refractivity contribution in [3.8, 4) is 5.75 Å². The van der Waals surface area contributed by atoms with Crippen LogP contribution in [0.15, 0.2) is 48.8 Å². The highest BCUT2D eigenvalue weighted by Gasteiger charge is 2.19. The lowest BCUT2D eigenvalue weighted by molar-refractivity contribution is -0.114. The summed E-state index contributed by atoms with van der Waals surface area (Å²) < 4.78 is 0. The summed E-state index contributed by atoms with van der Waals surface area (Å²) in [5.41, 5.74) is 0.706. The Labute approximate surface area is 104 Å². The van der Waals surface area contributed by atoms with Crippen LogP contribution in [0.1, 0.15) is 15.9 Å². The summed E-state index contributed by atoms with van der Waals surface area (Å²) in [4.78, 5) is 27.5. The Morgan fingerprint density at radius 2 is 1.89 bits per heavy atom. The fraction of sp³-hybridized carbons (Fsp3) is 0.0714. The number of ketones is 2. The molecule has 0 aliphatic rings. The fourth-order valence-electron chi connectivity index (χ4n) is 1.58. The first kappa shape index (κ1) is 12.0. The van der Waals surface area contributed by atoms with Gasteiger partial charge in [0, 0.05) is 18.8 Å². The van der Waals surface area contributed by atoms with Crippen molar-refractivity contribution in [1.29, 1.82) is 0 Å². The van der Waals surface area contributed by atoms with Crippen LogP contribution in [0.25, 0.3) is 0 Å². The molecule has 0 bridgehead atoms. The standard InChI is InChI=1S/C14H11NO3/c16-12-6-2-1-5-11(12)14(18)13(17)8-10-4-3-7-15-9-10/h1-7,9,16H,8H2. The highest BCUT2D eigenvalue weighted by atomic mass is 16.3. The van der Waals surface area contributed by atoms with E-state index in [9.17, 15) is 14.7 Å². The Hall–Kier alpha value is -2.49. The number of aromatic hydroxyl groups is 1. The molecule has 0 aliphatic heterocycles. The number of rotatable bonds is 4. The molecule has 1 aromatic carbocycles. The highest BCUT2D eigenvalue weighted by Crippen LogP contribution is 2.17. The minimum absolute atomic E-state index is 0.0129. The van der Waals surface area contributed by atoms with Crippen LogP contribution in [0.4, 0.5) is 0 Å². The molecule has 18 heavy (non-hydrogen) atoms. The minimum Gasteiger partial charge on any atom is -0.507 e. The van der Waals surface area contributed by atoms with Gasteiger partial charge in [-0.05, 0) is 23.8 Å². The van der Waals surface area contributed by atoms with E-state index in [1.165, 1.54) is 18.3 Å². The third-order valence-electron chi connectivity index (χ3n) is 2.49. The topological polar surface area (TPSA) is 67.3 Å². The Bertz CT molecular complexity index is 579. The first-order valence-electron chi connectivity index (χ1n) is 5.43. The third-order valence-corrected chi connectivity index (χ3v) is 2.49. The van der Waals surface area contributed by atoms with Crippen LogP contribution in [0.5, 0.6) is 5.75 Å². The summed E-state index contributed by atoms with van der Waals surface area (Å²) >= 11 is 0. The van der Waals surface area contributed by atoms with Gasteiger partial charge in [0.2, 0.25) is 11.6 Å². The summed E-state index contributed by atoms with van der Waals surface area (Å²) in [5, 5.41) is 9.51. The number of phenols is 1. The van der Waals surface area contributed by atoms with E-state index in [1.807, 2.05) is 0 Å². The summed E-state index contributed by atoms with van der Waals surface area (Å²) in [7, 11) is 0. The molecule has 0 unspecified atom stereocenters. The number of nitrogens with zero attached hydrogens (tertiary/aromatic N) is 1. The molecule has 0 radical (unpaired) electrons. The predicted molar refractivity (Wildman–Crippen MR) is 65.4 cm³/mol. The van der Waals surface area contributed by atoms with E-state index >= 15 is 0 Å². The van der Waals surface area contributed by atoms with Crippen LogP contribution in [0.3, 0.4) is 0 Å². The summed E-state index contributed by atoms with van der Waals surface area (Å²) in [6.07, 6.45) is 3.12. The molecule has 0 atom stereocenters. The number of aromatic nitrogens is 1. The number of Topliss-reactive ketones (excluding diaryl/α,β-unsaturated/α-hetero) is 2. The number of carbonyl (C=O) groups is 2. The molecule has 2 aromatic rings. The van der Waals surface area contributed by atoms with Crippen molar-refractivity contribution in [2.24, 2.45) is 0 Å². The van der Waals surface area contributed by atoms with Crippen LogP contribution in [-0.4, -0.2) is 21.7 Å². The molecule has 0 spiro atoms. The zero-order chi connectivity index (χ0) is 13.0. The van der Waals surface area contributed by atoms with Crippen molar-refractivity contribution < 1.29 is 14.7 Å². The summed E-state index contributed by atoms with van der Waals surface area (Å²) in [6, 6.07) is 9.43. The first-order chi connectivity index (χ1) is 8.68. The fourth-order valence-corrected chi connectivity index (χ4v) is 1.58. The van der Waals surface area contributed by atoms with Crippen molar-refractivity contribution in [3.05, 3.63) is 59.9 Å². The van der Waals surface area contributed by atoms with Gasteiger partial charge in [-0.2, -0.15) is 0 Å². The lowest BCUT2D eigenvalue weighted by Gasteiger charge is -2.02. The lowest BCUT2D eigenvalue weighted by atomic mass is 10.0. The Balaban J connectivity index is 2.16. The van der Waals surface area contributed by atoms with Crippen molar-refractivity contribution in [3.63, 3.8) is 0 Å². The number of pyridine rings is 1. The molecule has 0 saturated heterocycles. The van der Waals surface area contributed by atoms with E-state index in [-0.39, 0.29) is 17.7 Å². The van der Waals surface area contributed by atoms with Gasteiger partial charge in [0.1, 0.15) is 5.75 Å². The highest BCUT2D eigenvalue weighted by molar-refractivity contribution is 6.44. The largest absolute Gasteiger partial charge is 0.507 e. The van der Waals surface area contributed by atoms with E-state index in [0.717, 1.165) is 0 Å². The Morgan fingerprint density at radius 1 is 1.11 bits per heavy atom. The summed E-state index contributed by atoms with van der Waals surface area (Å²) in [6.45, 7) is 0. The van der Waals surface area contributed by atoms with Gasteiger partial charge in [0.25, 0.3) is 0 Å². The van der Waals surface area contributed by atoms with E-state index < -0.39 is 11.6 Å². The molecule has 0 saturated carbocycles. The van der Waals surface area contributed by atoms with Crippen LogP contribution in [-0.2, 0) is 11.2 Å². The molecule has 1 aromatic heterocycles. The van der Waals surface area contributed by atoms with Gasteiger partial charge in [-0.1, -0.05) is 18.2 Å². The zero-order valence-corrected chi connectivity index (χ0v) is 9.54. The maximum Gasteiger partial charge on any atom is 0.232 e. The molecule has 0 aliphatic carbocycles. The van der Waals surface area contributed by atoms with Crippen molar-refractivity contribution in [2.45, 2.75) is 6.42 Å².